The Labute approximate surface area is 282 Å². The van der Waals surface area contributed by atoms with Crippen molar-refractivity contribution in [3.63, 3.8) is 0 Å². The van der Waals surface area contributed by atoms with E-state index in [-0.39, 0.29) is 43.8 Å². The van der Waals surface area contributed by atoms with Gasteiger partial charge in [0.05, 0.1) is 25.3 Å². The number of nitrogens with one attached hydrogen (secondary N) is 1. The predicted octanol–water partition coefficient (Wildman–Crippen LogP) is 5.18. The van der Waals surface area contributed by atoms with E-state index in [4.69, 9.17) is 58.5 Å². The van der Waals surface area contributed by atoms with E-state index in [9.17, 15) is 15.2 Å². The highest BCUT2D eigenvalue weighted by molar-refractivity contribution is 6.67. The number of nitrogens with zero attached hydrogens (tertiary/aromatic N) is 3. The zero-order valence-corrected chi connectivity index (χ0v) is 28.1. The summed E-state index contributed by atoms with van der Waals surface area (Å²) < 4.78 is 27.3. The summed E-state index contributed by atoms with van der Waals surface area (Å²) in [5.74, 6) is 2.22. The van der Waals surface area contributed by atoms with E-state index < -0.39 is 28.6 Å². The number of hydrogen-bond donors (Lipinski definition) is 2. The number of aromatic hydroxyl groups is 1. The quantitative estimate of drug-likeness (QED) is 0.296. The van der Waals surface area contributed by atoms with Crippen LogP contribution in [0.4, 0.5) is 4.79 Å². The van der Waals surface area contributed by atoms with Gasteiger partial charge in [-0.3, -0.25) is 9.80 Å². The Kier molecular flexibility index (Phi) is 8.80. The van der Waals surface area contributed by atoms with Gasteiger partial charge in [-0.15, -0.1) is 0 Å². The molecule has 2 N–H and O–H groups in total. The van der Waals surface area contributed by atoms with Gasteiger partial charge in [0.25, 0.3) is 0 Å². The number of methoxy groups -OCH3 is 1. The van der Waals surface area contributed by atoms with Crippen LogP contribution in [0.5, 0.6) is 28.7 Å². The fourth-order valence-electron chi connectivity index (χ4n) is 7.75. The molecule has 4 aliphatic heterocycles. The Balaban J connectivity index is 1.54. The highest BCUT2D eigenvalue weighted by Crippen LogP contribution is 2.58. The minimum absolute atomic E-state index is 0.0124. The van der Waals surface area contributed by atoms with Crippen molar-refractivity contribution in [3.05, 3.63) is 52.1 Å². The van der Waals surface area contributed by atoms with Gasteiger partial charge in [-0.05, 0) is 44.9 Å². The van der Waals surface area contributed by atoms with Gasteiger partial charge < -0.3 is 34.1 Å². The van der Waals surface area contributed by atoms with Crippen LogP contribution < -0.4 is 24.3 Å². The molecule has 1 saturated heterocycles. The summed E-state index contributed by atoms with van der Waals surface area (Å²) in [6, 6.07) is 2.53. The highest BCUT2D eigenvalue weighted by Gasteiger charge is 2.56. The first-order valence-corrected chi connectivity index (χ1v) is 16.0. The fourth-order valence-corrected chi connectivity index (χ4v) is 7.91. The summed E-state index contributed by atoms with van der Waals surface area (Å²) in [7, 11) is 3.53. The standard InChI is InChI=1S/C32H35Cl3N4O7/c1-6-7-43-28-16(3)29-30(46-14-45-29)24-18(28)10-20-25-23-17(8-15(2)27(42-5)26(23)40)9-19(38(25)4)21(11-36)39(20)22(24)12-37-31(41)44-13-32(33,34)35/h6,8,19-22,25,40H,1,7,9-10,12-14H2,2-5H3,(H,37,41)/t19-,20?,21?,22-,25-/m0/s1. The van der Waals surface area contributed by atoms with Crippen molar-refractivity contribution >= 4 is 40.9 Å². The van der Waals surface area contributed by atoms with Crippen molar-refractivity contribution < 1.29 is 33.6 Å². The number of alkyl carbamates (subject to hydrolysis) is 1. The molecule has 1 fully saturated rings. The van der Waals surface area contributed by atoms with Crippen LogP contribution in [-0.4, -0.2) is 83.6 Å². The topological polar surface area (TPSA) is 126 Å². The third kappa shape index (κ3) is 5.34. The molecule has 46 heavy (non-hydrogen) atoms. The minimum Gasteiger partial charge on any atom is -0.504 e. The van der Waals surface area contributed by atoms with Crippen LogP contribution in [0.2, 0.25) is 0 Å². The lowest BCUT2D eigenvalue weighted by Crippen LogP contribution is -2.68. The summed E-state index contributed by atoms with van der Waals surface area (Å²) in [6.07, 6.45) is 1.85. The molecule has 11 nitrogen and oxygen atoms in total. The third-order valence-electron chi connectivity index (χ3n) is 9.42. The second kappa shape index (κ2) is 12.4. The number of phenolic OH excluding ortho intramolecular Hbond substituents is 1. The minimum atomic E-state index is -1.78. The van der Waals surface area contributed by atoms with Gasteiger partial charge >= 0.3 is 6.09 Å². The second-order valence-corrected chi connectivity index (χ2v) is 14.4. The Hall–Kier alpha value is -3.27. The Morgan fingerprint density at radius 3 is 2.63 bits per heavy atom. The zero-order chi connectivity index (χ0) is 33.1. The third-order valence-corrected chi connectivity index (χ3v) is 9.74. The van der Waals surface area contributed by atoms with Gasteiger partial charge in [0.1, 0.15) is 25.0 Å². The molecule has 2 unspecified atom stereocenters. The summed E-state index contributed by atoms with van der Waals surface area (Å²) in [5.41, 5.74) is 4.95. The van der Waals surface area contributed by atoms with Gasteiger partial charge in [0.15, 0.2) is 23.0 Å². The number of amides is 1. The van der Waals surface area contributed by atoms with Crippen molar-refractivity contribution in [3.8, 4) is 34.8 Å². The van der Waals surface area contributed by atoms with E-state index in [1.54, 1.807) is 6.08 Å². The van der Waals surface area contributed by atoms with Crippen molar-refractivity contribution in [2.75, 3.05) is 40.7 Å². The average Bonchev–Trinajstić information content (AvgIpc) is 3.49. The molecule has 0 aromatic heterocycles. The molecular formula is C32H35Cl3N4O7. The average molecular weight is 694 g/mol. The molecule has 4 aliphatic rings. The maximum atomic E-state index is 12.9. The van der Waals surface area contributed by atoms with Crippen molar-refractivity contribution in [1.29, 1.82) is 5.26 Å². The number of aryl methyl sites for hydroxylation is 1. The number of nitriles is 1. The van der Waals surface area contributed by atoms with E-state index >= 15 is 0 Å². The number of ether oxygens (including phenoxy) is 5. The summed E-state index contributed by atoms with van der Waals surface area (Å²) in [6.45, 7) is 7.48. The first kappa shape index (κ1) is 32.7. The summed E-state index contributed by atoms with van der Waals surface area (Å²) >= 11 is 17.4. The molecule has 4 heterocycles. The number of rotatable bonds is 7. The van der Waals surface area contributed by atoms with Crippen molar-refractivity contribution in [2.45, 2.75) is 60.7 Å². The number of carbonyl (C=O) groups is 1. The molecule has 6 rings (SSSR count). The maximum absolute atomic E-state index is 12.9. The van der Waals surface area contributed by atoms with Crippen LogP contribution in [0.3, 0.4) is 0 Å². The first-order valence-electron chi connectivity index (χ1n) is 14.9. The van der Waals surface area contributed by atoms with Crippen molar-refractivity contribution in [1.82, 2.24) is 15.1 Å². The SMILES string of the molecule is C=CCOc1c(C)c2c(c3c1CC1[C@H]4c5c(cc(C)c(OC)c5O)C[C@@H](C(C#N)N1[C@H]3CNC(=O)OCC(Cl)(Cl)Cl)N4C)OCO2. The van der Waals surface area contributed by atoms with Gasteiger partial charge in [-0.25, -0.2) is 4.79 Å². The second-order valence-electron chi connectivity index (χ2n) is 11.9. The van der Waals surface area contributed by atoms with E-state index in [1.165, 1.54) is 7.11 Å². The summed E-state index contributed by atoms with van der Waals surface area (Å²) in [5, 5.41) is 25.3. The molecule has 0 radical (unpaired) electrons. The molecule has 5 atom stereocenters. The molecule has 2 aromatic rings. The lowest BCUT2D eigenvalue weighted by molar-refractivity contribution is -0.0723. The van der Waals surface area contributed by atoms with Crippen LogP contribution in [0.15, 0.2) is 18.7 Å². The van der Waals surface area contributed by atoms with E-state index in [0.717, 1.165) is 33.4 Å². The van der Waals surface area contributed by atoms with Crippen LogP contribution >= 0.6 is 34.8 Å². The van der Waals surface area contributed by atoms with Gasteiger partial charge in [0.2, 0.25) is 10.6 Å². The monoisotopic (exact) mass is 692 g/mol. The zero-order valence-electron chi connectivity index (χ0n) is 25.9. The Morgan fingerprint density at radius 2 is 1.96 bits per heavy atom. The van der Waals surface area contributed by atoms with E-state index in [1.807, 2.05) is 27.0 Å². The lowest BCUT2D eigenvalue weighted by Gasteiger charge is -2.60. The van der Waals surface area contributed by atoms with E-state index in [0.29, 0.717) is 35.8 Å². The fraction of sp³-hybridized carbons (Fsp3) is 0.500. The van der Waals surface area contributed by atoms with Gasteiger partial charge in [0, 0.05) is 40.9 Å². The van der Waals surface area contributed by atoms with Crippen LogP contribution in [-0.2, 0) is 17.6 Å². The molecule has 2 bridgehead atoms. The number of alkyl halides is 3. The van der Waals surface area contributed by atoms with Crippen LogP contribution in [0.25, 0.3) is 0 Å². The molecule has 1 amide bonds. The largest absolute Gasteiger partial charge is 0.504 e. The van der Waals surface area contributed by atoms with E-state index in [2.05, 4.69) is 27.8 Å². The smallest absolute Gasteiger partial charge is 0.407 e. The summed E-state index contributed by atoms with van der Waals surface area (Å²) in [4.78, 5) is 17.2. The normalized spacial score (nSPS) is 24.6. The molecule has 2 aromatic carbocycles. The molecule has 0 saturated carbocycles. The van der Waals surface area contributed by atoms with Gasteiger partial charge in [-0.2, -0.15) is 5.26 Å². The lowest BCUT2D eigenvalue weighted by atomic mass is 9.71. The number of benzene rings is 2. The van der Waals surface area contributed by atoms with Crippen LogP contribution in [0, 0.1) is 25.2 Å². The number of hydrogen-bond acceptors (Lipinski definition) is 10. The number of piperazine rings is 1. The first-order chi connectivity index (χ1) is 21.9. The molecule has 14 heteroatoms. The van der Waals surface area contributed by atoms with Crippen LogP contribution in [0.1, 0.15) is 45.5 Å². The predicted molar refractivity (Wildman–Crippen MR) is 171 cm³/mol. The van der Waals surface area contributed by atoms with Gasteiger partial charge in [-0.1, -0.05) is 53.5 Å². The number of phenols is 1. The number of halogens is 3. The molecule has 246 valence electrons. The molecule has 0 spiro atoms. The number of likely N-dealkylation sites (N-methyl/N-ethyl adjacent to an activating group) is 1. The molecule has 0 aliphatic carbocycles. The highest BCUT2D eigenvalue weighted by atomic mass is 35.6. The number of fused-ring (bicyclic) bond motifs is 9. The number of carbonyl (C=O) groups excluding carboxylic acids is 1. The Morgan fingerprint density at radius 1 is 1.22 bits per heavy atom. The Bertz CT molecular complexity index is 1620. The maximum Gasteiger partial charge on any atom is 0.407 e. The molecular weight excluding hydrogens is 659 g/mol. The van der Waals surface area contributed by atoms with Crippen molar-refractivity contribution in [2.24, 2.45) is 0 Å².